The fourth-order valence-corrected chi connectivity index (χ4v) is 2.82. The summed E-state index contributed by atoms with van der Waals surface area (Å²) < 4.78 is 36.8. The van der Waals surface area contributed by atoms with Crippen LogP contribution in [0.2, 0.25) is 0 Å². The molecule has 2 aromatic carbocycles. The number of anilines is 2. The highest BCUT2D eigenvalue weighted by atomic mass is 32.2. The van der Waals surface area contributed by atoms with Crippen molar-refractivity contribution in [3.63, 3.8) is 0 Å². The highest BCUT2D eigenvalue weighted by Gasteiger charge is 2.14. The average molecular weight is 336 g/mol. The lowest BCUT2D eigenvalue weighted by molar-refractivity contribution is -0.114. The quantitative estimate of drug-likeness (QED) is 0.880. The molecule has 0 fully saturated rings. The van der Waals surface area contributed by atoms with Crippen LogP contribution in [0.3, 0.4) is 0 Å². The number of halogens is 1. The molecule has 7 heteroatoms. The largest absolute Gasteiger partial charge is 0.376 e. The minimum atomic E-state index is -3.44. The van der Waals surface area contributed by atoms with E-state index in [1.54, 1.807) is 31.2 Å². The van der Waals surface area contributed by atoms with Gasteiger partial charge in [-0.2, -0.15) is 0 Å². The summed E-state index contributed by atoms with van der Waals surface area (Å²) in [7, 11) is -3.44. The molecule has 0 atom stereocenters. The lowest BCUT2D eigenvalue weighted by Crippen LogP contribution is -2.22. The second kappa shape index (κ2) is 6.78. The van der Waals surface area contributed by atoms with E-state index >= 15 is 0 Å². The second-order valence-corrected chi connectivity index (χ2v) is 7.12. The Morgan fingerprint density at radius 3 is 2.52 bits per heavy atom. The molecule has 122 valence electrons. The zero-order chi connectivity index (χ0) is 17.0. The van der Waals surface area contributed by atoms with Crippen molar-refractivity contribution in [3.8, 4) is 0 Å². The number of carbonyl (C=O) groups is 1. The average Bonchev–Trinajstić information content (AvgIpc) is 2.48. The molecule has 2 N–H and O–H groups in total. The van der Waals surface area contributed by atoms with Crippen LogP contribution in [0.1, 0.15) is 5.56 Å². The molecular formula is C16H17FN2O3S. The summed E-state index contributed by atoms with van der Waals surface area (Å²) in [6.45, 7) is 1.54. The van der Waals surface area contributed by atoms with Crippen LogP contribution in [0.15, 0.2) is 47.4 Å². The number of sulfone groups is 1. The van der Waals surface area contributed by atoms with Gasteiger partial charge in [-0.1, -0.05) is 18.2 Å². The van der Waals surface area contributed by atoms with Gasteiger partial charge in [0.25, 0.3) is 0 Å². The topological polar surface area (TPSA) is 75.3 Å². The number of benzene rings is 2. The number of rotatable bonds is 5. The lowest BCUT2D eigenvalue weighted by atomic mass is 10.2. The Balaban J connectivity index is 2.04. The summed E-state index contributed by atoms with van der Waals surface area (Å²) in [4.78, 5) is 12.0. The van der Waals surface area contributed by atoms with Gasteiger partial charge in [0.05, 0.1) is 17.1 Å². The van der Waals surface area contributed by atoms with Crippen LogP contribution >= 0.6 is 0 Å². The zero-order valence-electron chi connectivity index (χ0n) is 12.8. The molecule has 0 aromatic heterocycles. The maximum absolute atomic E-state index is 13.4. The predicted molar refractivity (Wildman–Crippen MR) is 87.8 cm³/mol. The van der Waals surface area contributed by atoms with Crippen LogP contribution < -0.4 is 10.6 Å². The molecule has 0 aliphatic rings. The molecule has 23 heavy (non-hydrogen) atoms. The lowest BCUT2D eigenvalue weighted by Gasteiger charge is -2.11. The number of hydrogen-bond acceptors (Lipinski definition) is 4. The molecule has 0 spiro atoms. The van der Waals surface area contributed by atoms with Crippen molar-refractivity contribution >= 4 is 27.1 Å². The van der Waals surface area contributed by atoms with E-state index in [9.17, 15) is 17.6 Å². The molecule has 0 radical (unpaired) electrons. The van der Waals surface area contributed by atoms with Gasteiger partial charge in [0.15, 0.2) is 9.84 Å². The van der Waals surface area contributed by atoms with Crippen molar-refractivity contribution in [2.24, 2.45) is 0 Å². The van der Waals surface area contributed by atoms with Crippen molar-refractivity contribution in [2.45, 2.75) is 11.8 Å². The van der Waals surface area contributed by atoms with Crippen molar-refractivity contribution in [1.82, 2.24) is 0 Å². The molecule has 0 saturated heterocycles. The van der Waals surface area contributed by atoms with Crippen LogP contribution in [-0.2, 0) is 14.6 Å². The SMILES string of the molecule is Cc1ccc(NCC(=O)Nc2ccccc2S(C)(=O)=O)cc1F. The van der Waals surface area contributed by atoms with Crippen molar-refractivity contribution in [2.75, 3.05) is 23.4 Å². The highest BCUT2D eigenvalue weighted by molar-refractivity contribution is 7.90. The number of para-hydroxylation sites is 1. The van der Waals surface area contributed by atoms with Crippen LogP contribution in [0.5, 0.6) is 0 Å². The Morgan fingerprint density at radius 2 is 1.87 bits per heavy atom. The van der Waals surface area contributed by atoms with Gasteiger partial charge in [0.1, 0.15) is 5.82 Å². The van der Waals surface area contributed by atoms with E-state index in [1.165, 1.54) is 18.2 Å². The normalized spacial score (nSPS) is 11.1. The summed E-state index contributed by atoms with van der Waals surface area (Å²) >= 11 is 0. The third kappa shape index (κ3) is 4.53. The fraction of sp³-hybridized carbons (Fsp3) is 0.188. The van der Waals surface area contributed by atoms with Crippen LogP contribution in [0.4, 0.5) is 15.8 Å². The Kier molecular flexibility index (Phi) is 5.00. The zero-order valence-corrected chi connectivity index (χ0v) is 13.6. The molecule has 5 nitrogen and oxygen atoms in total. The van der Waals surface area contributed by atoms with E-state index < -0.39 is 15.7 Å². The van der Waals surface area contributed by atoms with E-state index in [2.05, 4.69) is 10.6 Å². The van der Waals surface area contributed by atoms with Crippen molar-refractivity contribution in [1.29, 1.82) is 0 Å². The van der Waals surface area contributed by atoms with E-state index in [4.69, 9.17) is 0 Å². The van der Waals surface area contributed by atoms with Gasteiger partial charge in [-0.15, -0.1) is 0 Å². The fourth-order valence-electron chi connectivity index (χ4n) is 1.97. The number of aryl methyl sites for hydroxylation is 1. The summed E-state index contributed by atoms with van der Waals surface area (Å²) in [6.07, 6.45) is 1.07. The molecule has 1 amide bonds. The van der Waals surface area contributed by atoms with E-state index in [0.717, 1.165) is 6.26 Å². The molecule has 2 rings (SSSR count). The first-order chi connectivity index (χ1) is 10.8. The first-order valence-corrected chi connectivity index (χ1v) is 8.75. The van der Waals surface area contributed by atoms with Crippen molar-refractivity contribution in [3.05, 3.63) is 53.8 Å². The van der Waals surface area contributed by atoms with Gasteiger partial charge >= 0.3 is 0 Å². The van der Waals surface area contributed by atoms with Crippen LogP contribution in [-0.4, -0.2) is 27.1 Å². The van der Waals surface area contributed by atoms with Crippen molar-refractivity contribution < 1.29 is 17.6 Å². The summed E-state index contributed by atoms with van der Waals surface area (Å²) in [5.74, 6) is -0.792. The van der Waals surface area contributed by atoms with Gasteiger partial charge < -0.3 is 10.6 Å². The minimum absolute atomic E-state index is 0.0507. The number of carbonyl (C=O) groups excluding carboxylic acids is 1. The Bertz CT molecular complexity index is 835. The molecule has 0 aliphatic heterocycles. The Hall–Kier alpha value is -2.41. The van der Waals surface area contributed by atoms with Gasteiger partial charge in [0, 0.05) is 11.9 Å². The third-order valence-electron chi connectivity index (χ3n) is 3.19. The van der Waals surface area contributed by atoms with Gasteiger partial charge in [0.2, 0.25) is 5.91 Å². The number of hydrogen-bond donors (Lipinski definition) is 2. The third-order valence-corrected chi connectivity index (χ3v) is 4.34. The van der Waals surface area contributed by atoms with E-state index in [0.29, 0.717) is 11.3 Å². The predicted octanol–water partition coefficient (Wildman–Crippen LogP) is 2.59. The van der Waals surface area contributed by atoms with E-state index in [1.807, 2.05) is 0 Å². The first kappa shape index (κ1) is 17.0. The van der Waals surface area contributed by atoms with Gasteiger partial charge in [-0.25, -0.2) is 12.8 Å². The van der Waals surface area contributed by atoms with E-state index in [-0.39, 0.29) is 22.9 Å². The summed E-state index contributed by atoms with van der Waals surface area (Å²) in [5, 5.41) is 5.33. The molecule has 0 unspecified atom stereocenters. The standard InChI is InChI=1S/C16H17FN2O3S/c1-11-7-8-12(9-13(11)17)18-10-16(20)19-14-5-3-4-6-15(14)23(2,21)22/h3-9,18H,10H2,1-2H3,(H,19,20). The maximum atomic E-state index is 13.4. The Morgan fingerprint density at radius 1 is 1.17 bits per heavy atom. The maximum Gasteiger partial charge on any atom is 0.243 e. The molecule has 0 heterocycles. The minimum Gasteiger partial charge on any atom is -0.376 e. The second-order valence-electron chi connectivity index (χ2n) is 5.13. The Labute approximate surface area is 134 Å². The number of amides is 1. The first-order valence-electron chi connectivity index (χ1n) is 6.86. The van der Waals surface area contributed by atoms with Crippen LogP contribution in [0, 0.1) is 12.7 Å². The summed E-state index contributed by atoms with van der Waals surface area (Å²) in [5.41, 5.74) is 1.21. The molecule has 0 aliphatic carbocycles. The smallest absolute Gasteiger partial charge is 0.243 e. The highest BCUT2D eigenvalue weighted by Crippen LogP contribution is 2.20. The molecule has 2 aromatic rings. The molecular weight excluding hydrogens is 319 g/mol. The molecule has 0 saturated carbocycles. The summed E-state index contributed by atoms with van der Waals surface area (Å²) in [6, 6.07) is 10.7. The van der Waals surface area contributed by atoms with Gasteiger partial charge in [-0.3, -0.25) is 4.79 Å². The molecule has 0 bridgehead atoms. The monoisotopic (exact) mass is 336 g/mol. The number of nitrogens with one attached hydrogen (secondary N) is 2. The van der Waals surface area contributed by atoms with Gasteiger partial charge in [-0.05, 0) is 36.8 Å². The van der Waals surface area contributed by atoms with Crippen LogP contribution in [0.25, 0.3) is 0 Å².